The number of carbonyl (C=O) groups is 1. The van der Waals surface area contributed by atoms with E-state index >= 15 is 0 Å². The predicted molar refractivity (Wildman–Crippen MR) is 136 cm³/mol. The highest BCUT2D eigenvalue weighted by Crippen LogP contribution is 2.41. The first kappa shape index (κ1) is 26.0. The summed E-state index contributed by atoms with van der Waals surface area (Å²) in [5, 5.41) is 5.74. The zero-order valence-electron chi connectivity index (χ0n) is 19.9. The highest BCUT2D eigenvalue weighted by molar-refractivity contribution is 7.15. The molecular formula is C25H22F4N6OS. The Morgan fingerprint density at radius 1 is 0.946 bits per heavy atom. The van der Waals surface area contributed by atoms with Gasteiger partial charge in [-0.1, -0.05) is 20.8 Å². The lowest BCUT2D eigenvalue weighted by Crippen LogP contribution is -2.19. The molecule has 0 saturated heterocycles. The quantitative estimate of drug-likeness (QED) is 0.248. The molecule has 4 rings (SSSR count). The number of hydrogen-bond acceptors (Lipinski definition) is 6. The Labute approximate surface area is 213 Å². The number of benzene rings is 2. The lowest BCUT2D eigenvalue weighted by atomic mass is 9.98. The van der Waals surface area contributed by atoms with Crippen molar-refractivity contribution in [3.05, 3.63) is 71.1 Å². The summed E-state index contributed by atoms with van der Waals surface area (Å²) in [6, 6.07) is 8.88. The molecule has 192 valence electrons. The average molecular weight is 531 g/mol. The van der Waals surface area contributed by atoms with Gasteiger partial charge in [-0.2, -0.15) is 13.2 Å². The van der Waals surface area contributed by atoms with Crippen molar-refractivity contribution in [1.29, 1.82) is 0 Å². The van der Waals surface area contributed by atoms with E-state index in [-0.39, 0.29) is 22.7 Å². The molecule has 37 heavy (non-hydrogen) atoms. The SMILES string of the molecule is CC(C)(C)c1nc(-c2ccnc(N)n2)c(-c2cc(F)cc(NC(=O)Nc3ccc(C(F)(F)F)cc3)c2)s1. The molecule has 2 aromatic carbocycles. The third-order valence-electron chi connectivity index (χ3n) is 5.07. The number of nitrogen functional groups attached to an aromatic ring is 1. The molecule has 2 amide bonds. The van der Waals surface area contributed by atoms with E-state index < -0.39 is 23.6 Å². The number of nitrogens with one attached hydrogen (secondary N) is 2. The minimum absolute atomic E-state index is 0.0651. The maximum absolute atomic E-state index is 14.6. The second-order valence-electron chi connectivity index (χ2n) is 9.13. The normalized spacial score (nSPS) is 11.9. The molecule has 7 nitrogen and oxygen atoms in total. The number of rotatable bonds is 4. The maximum Gasteiger partial charge on any atom is 0.416 e. The molecule has 0 aliphatic carbocycles. The minimum Gasteiger partial charge on any atom is -0.368 e. The van der Waals surface area contributed by atoms with Crippen LogP contribution in [0.15, 0.2) is 54.7 Å². The molecule has 2 heterocycles. The summed E-state index contributed by atoms with van der Waals surface area (Å²) in [4.78, 5) is 26.0. The van der Waals surface area contributed by atoms with E-state index in [1.165, 1.54) is 23.6 Å². The van der Waals surface area contributed by atoms with Gasteiger partial charge in [-0.25, -0.2) is 24.1 Å². The Morgan fingerprint density at radius 3 is 2.24 bits per heavy atom. The first-order valence-electron chi connectivity index (χ1n) is 11.0. The van der Waals surface area contributed by atoms with Crippen molar-refractivity contribution in [3.63, 3.8) is 0 Å². The van der Waals surface area contributed by atoms with Gasteiger partial charge in [-0.15, -0.1) is 11.3 Å². The third kappa shape index (κ3) is 6.20. The summed E-state index contributed by atoms with van der Waals surface area (Å²) in [5.41, 5.74) is 6.31. The van der Waals surface area contributed by atoms with Crippen LogP contribution < -0.4 is 16.4 Å². The van der Waals surface area contributed by atoms with Crippen molar-refractivity contribution in [3.8, 4) is 21.8 Å². The van der Waals surface area contributed by atoms with Gasteiger partial charge in [0.25, 0.3) is 0 Å². The number of hydrogen-bond donors (Lipinski definition) is 3. The molecule has 0 atom stereocenters. The van der Waals surface area contributed by atoms with Gasteiger partial charge in [0.05, 0.1) is 21.1 Å². The Bertz CT molecular complexity index is 1450. The van der Waals surface area contributed by atoms with Crippen molar-refractivity contribution in [2.45, 2.75) is 32.4 Å². The fourth-order valence-corrected chi connectivity index (χ4v) is 4.46. The standard InChI is InChI=1S/C25H22F4N6OS/c1-24(2,3)21-35-19(18-8-9-31-22(30)34-18)20(37-21)13-10-15(26)12-17(11-13)33-23(36)32-16-6-4-14(5-7-16)25(27,28)29/h4-12H,1-3H3,(H2,30,31,34)(H2,32,33,36). The molecule has 4 aromatic rings. The molecule has 0 bridgehead atoms. The first-order valence-corrected chi connectivity index (χ1v) is 11.8. The van der Waals surface area contributed by atoms with Crippen LogP contribution in [0.4, 0.5) is 39.7 Å². The highest BCUT2D eigenvalue weighted by atomic mass is 32.1. The number of aromatic nitrogens is 3. The molecule has 2 aromatic heterocycles. The summed E-state index contributed by atoms with van der Waals surface area (Å²) in [7, 11) is 0. The molecule has 4 N–H and O–H groups in total. The van der Waals surface area contributed by atoms with E-state index in [1.807, 2.05) is 20.8 Å². The van der Waals surface area contributed by atoms with Crippen molar-refractivity contribution < 1.29 is 22.4 Å². The smallest absolute Gasteiger partial charge is 0.368 e. The monoisotopic (exact) mass is 530 g/mol. The Kier molecular flexibility index (Phi) is 6.87. The van der Waals surface area contributed by atoms with Crippen LogP contribution in [0.3, 0.4) is 0 Å². The highest BCUT2D eigenvalue weighted by Gasteiger charge is 2.30. The third-order valence-corrected chi connectivity index (χ3v) is 6.60. The summed E-state index contributed by atoms with van der Waals surface area (Å²) in [6.45, 7) is 5.99. The molecular weight excluding hydrogens is 508 g/mol. The van der Waals surface area contributed by atoms with E-state index in [9.17, 15) is 22.4 Å². The lowest BCUT2D eigenvalue weighted by Gasteiger charge is -2.13. The number of nitrogens with zero attached hydrogens (tertiary/aromatic N) is 3. The zero-order chi connectivity index (χ0) is 27.0. The maximum atomic E-state index is 14.6. The topological polar surface area (TPSA) is 106 Å². The molecule has 0 aliphatic rings. The number of urea groups is 1. The van der Waals surface area contributed by atoms with E-state index in [4.69, 9.17) is 10.7 Å². The average Bonchev–Trinajstić information content (AvgIpc) is 3.25. The van der Waals surface area contributed by atoms with Crippen molar-refractivity contribution in [2.24, 2.45) is 0 Å². The lowest BCUT2D eigenvalue weighted by molar-refractivity contribution is -0.137. The van der Waals surface area contributed by atoms with Crippen LogP contribution >= 0.6 is 11.3 Å². The second kappa shape index (κ2) is 9.77. The van der Waals surface area contributed by atoms with Gasteiger partial charge in [0.1, 0.15) is 11.5 Å². The van der Waals surface area contributed by atoms with Crippen LogP contribution in [-0.2, 0) is 11.6 Å². The molecule has 0 aliphatic heterocycles. The van der Waals surface area contributed by atoms with Gasteiger partial charge in [-0.05, 0) is 54.1 Å². The number of carbonyl (C=O) groups excluding carboxylic acids is 1. The number of halogens is 4. The molecule has 12 heteroatoms. The Hall–Kier alpha value is -4.06. The van der Waals surface area contributed by atoms with Crippen molar-refractivity contribution in [2.75, 3.05) is 16.4 Å². The Morgan fingerprint density at radius 2 is 1.62 bits per heavy atom. The largest absolute Gasteiger partial charge is 0.416 e. The molecule has 0 radical (unpaired) electrons. The summed E-state index contributed by atoms with van der Waals surface area (Å²) >= 11 is 1.36. The van der Waals surface area contributed by atoms with Gasteiger partial charge in [-0.3, -0.25) is 0 Å². The summed E-state index contributed by atoms with van der Waals surface area (Å²) < 4.78 is 52.9. The van der Waals surface area contributed by atoms with Crippen LogP contribution in [0.2, 0.25) is 0 Å². The van der Waals surface area contributed by atoms with E-state index in [2.05, 4.69) is 20.6 Å². The second-order valence-corrected chi connectivity index (χ2v) is 10.1. The van der Waals surface area contributed by atoms with Gasteiger partial charge < -0.3 is 16.4 Å². The van der Waals surface area contributed by atoms with E-state index in [1.54, 1.807) is 12.1 Å². The minimum atomic E-state index is -4.49. The van der Waals surface area contributed by atoms with Gasteiger partial charge in [0, 0.05) is 23.0 Å². The van der Waals surface area contributed by atoms with E-state index in [0.29, 0.717) is 21.8 Å². The van der Waals surface area contributed by atoms with Crippen LogP contribution in [0.25, 0.3) is 21.8 Å². The molecule has 0 fully saturated rings. The van der Waals surface area contributed by atoms with Crippen LogP contribution in [0.1, 0.15) is 31.3 Å². The molecule has 0 saturated carbocycles. The Balaban J connectivity index is 1.64. The molecule has 0 spiro atoms. The first-order chi connectivity index (χ1) is 17.3. The van der Waals surface area contributed by atoms with Gasteiger partial charge in [0.2, 0.25) is 5.95 Å². The fourth-order valence-electron chi connectivity index (χ4n) is 3.34. The zero-order valence-corrected chi connectivity index (χ0v) is 20.8. The predicted octanol–water partition coefficient (Wildman–Crippen LogP) is 6.95. The number of alkyl halides is 3. The van der Waals surface area contributed by atoms with E-state index in [0.717, 1.165) is 35.3 Å². The van der Waals surface area contributed by atoms with Crippen LogP contribution in [-0.4, -0.2) is 21.0 Å². The summed E-state index contributed by atoms with van der Waals surface area (Å²) in [6.07, 6.45) is -2.99. The number of nitrogens with two attached hydrogens (primary N) is 1. The number of amides is 2. The van der Waals surface area contributed by atoms with Gasteiger partial charge in [0.15, 0.2) is 0 Å². The fraction of sp³-hybridized carbons (Fsp3) is 0.200. The van der Waals surface area contributed by atoms with Crippen LogP contribution in [0, 0.1) is 5.82 Å². The number of thiazole rings is 1. The number of anilines is 3. The van der Waals surface area contributed by atoms with Gasteiger partial charge >= 0.3 is 12.2 Å². The van der Waals surface area contributed by atoms with Crippen LogP contribution in [0.5, 0.6) is 0 Å². The van der Waals surface area contributed by atoms with Crippen molar-refractivity contribution in [1.82, 2.24) is 15.0 Å². The summed E-state index contributed by atoms with van der Waals surface area (Å²) in [5.74, 6) is -0.545. The molecule has 0 unspecified atom stereocenters. The van der Waals surface area contributed by atoms with Crippen molar-refractivity contribution >= 4 is 34.7 Å².